The molecule has 1 aliphatic heterocycles. The Morgan fingerprint density at radius 1 is 1.35 bits per heavy atom. The van der Waals surface area contributed by atoms with E-state index >= 15 is 0 Å². The molecule has 0 bridgehead atoms. The highest BCUT2D eigenvalue weighted by Gasteiger charge is 2.33. The molecule has 1 heterocycles. The molecule has 110 valence electrons. The summed E-state index contributed by atoms with van der Waals surface area (Å²) in [4.78, 5) is 0.489. The molecule has 20 heavy (non-hydrogen) atoms. The van der Waals surface area contributed by atoms with Gasteiger partial charge in [-0.15, -0.1) is 0 Å². The largest absolute Gasteiger partial charge is 0.374 e. The van der Waals surface area contributed by atoms with Crippen molar-refractivity contribution in [1.29, 1.82) is 0 Å². The van der Waals surface area contributed by atoms with Gasteiger partial charge in [-0.1, -0.05) is 65.3 Å². The van der Waals surface area contributed by atoms with Crippen LogP contribution >= 0.6 is 15.9 Å². The molecule has 0 saturated carbocycles. The summed E-state index contributed by atoms with van der Waals surface area (Å²) in [6.45, 7) is 5.56. The predicted molar refractivity (Wildman–Crippen MR) is 86.1 cm³/mol. The highest BCUT2D eigenvalue weighted by molar-refractivity contribution is 9.09. The average Bonchev–Trinajstić information content (AvgIpc) is 2.45. The van der Waals surface area contributed by atoms with Gasteiger partial charge in [0, 0.05) is 4.83 Å². The first-order valence-corrected chi connectivity index (χ1v) is 8.16. The molecule has 1 aromatic rings. The second-order valence-electron chi connectivity index (χ2n) is 5.36. The van der Waals surface area contributed by atoms with Gasteiger partial charge in [-0.2, -0.15) is 0 Å². The Labute approximate surface area is 130 Å². The van der Waals surface area contributed by atoms with Gasteiger partial charge in [0.05, 0.1) is 25.4 Å². The van der Waals surface area contributed by atoms with E-state index < -0.39 is 0 Å². The van der Waals surface area contributed by atoms with Crippen molar-refractivity contribution in [2.24, 2.45) is 5.92 Å². The van der Waals surface area contributed by atoms with Crippen molar-refractivity contribution in [3.63, 3.8) is 0 Å². The predicted octanol–water partition coefficient (Wildman–Crippen LogP) is 4.34. The first-order chi connectivity index (χ1) is 9.70. The molecule has 0 amide bonds. The number of ether oxygens (including phenoxy) is 2. The van der Waals surface area contributed by atoms with Crippen molar-refractivity contribution in [3.05, 3.63) is 48.0 Å². The van der Waals surface area contributed by atoms with Crippen LogP contribution in [0, 0.1) is 5.92 Å². The zero-order valence-corrected chi connectivity index (χ0v) is 13.8. The standard InChI is InChI=1S/C17H23BrO2/c1-3-7-17-13(2)16(18)10-15(20-17)12-19-11-14-8-5-4-6-9-14/h3-9,13,15-17H,10-12H2,1-2H3/b7-3+/t13-,15-,16-,17-/m1/s1. The van der Waals surface area contributed by atoms with Gasteiger partial charge < -0.3 is 9.47 Å². The minimum atomic E-state index is 0.167. The lowest BCUT2D eigenvalue weighted by atomic mass is 9.93. The molecule has 0 aliphatic carbocycles. The second-order valence-corrected chi connectivity index (χ2v) is 6.54. The Morgan fingerprint density at radius 3 is 2.80 bits per heavy atom. The van der Waals surface area contributed by atoms with Crippen molar-refractivity contribution >= 4 is 15.9 Å². The zero-order chi connectivity index (χ0) is 14.4. The maximum absolute atomic E-state index is 6.11. The Kier molecular flexibility index (Phi) is 6.27. The van der Waals surface area contributed by atoms with Gasteiger partial charge in [0.2, 0.25) is 0 Å². The van der Waals surface area contributed by atoms with E-state index in [0.29, 0.717) is 24.0 Å². The van der Waals surface area contributed by atoms with Gasteiger partial charge in [-0.3, -0.25) is 0 Å². The van der Waals surface area contributed by atoms with Crippen LogP contribution in [0.15, 0.2) is 42.5 Å². The third-order valence-corrected chi connectivity index (χ3v) is 4.93. The van der Waals surface area contributed by atoms with E-state index in [1.807, 2.05) is 25.1 Å². The second kappa shape index (κ2) is 7.96. The summed E-state index contributed by atoms with van der Waals surface area (Å²) >= 11 is 3.77. The van der Waals surface area contributed by atoms with Crippen LogP contribution in [0.2, 0.25) is 0 Å². The minimum Gasteiger partial charge on any atom is -0.374 e. The smallest absolute Gasteiger partial charge is 0.0827 e. The molecule has 0 aromatic heterocycles. The third-order valence-electron chi connectivity index (χ3n) is 3.72. The summed E-state index contributed by atoms with van der Waals surface area (Å²) in [5.74, 6) is 0.497. The topological polar surface area (TPSA) is 18.5 Å². The van der Waals surface area contributed by atoms with Gasteiger partial charge in [0.25, 0.3) is 0 Å². The Morgan fingerprint density at radius 2 is 2.10 bits per heavy atom. The van der Waals surface area contributed by atoms with Crippen LogP contribution in [0.25, 0.3) is 0 Å². The van der Waals surface area contributed by atoms with Crippen molar-refractivity contribution in [1.82, 2.24) is 0 Å². The van der Waals surface area contributed by atoms with Gasteiger partial charge in [-0.25, -0.2) is 0 Å². The van der Waals surface area contributed by atoms with Crippen LogP contribution in [0.1, 0.15) is 25.8 Å². The molecule has 3 heteroatoms. The number of alkyl halides is 1. The van der Waals surface area contributed by atoms with Gasteiger partial charge >= 0.3 is 0 Å². The molecule has 1 aliphatic rings. The zero-order valence-electron chi connectivity index (χ0n) is 12.2. The molecule has 1 aromatic carbocycles. The number of rotatable bonds is 5. The van der Waals surface area contributed by atoms with Gasteiger partial charge in [0.15, 0.2) is 0 Å². The summed E-state index contributed by atoms with van der Waals surface area (Å²) in [5, 5.41) is 0. The van der Waals surface area contributed by atoms with Crippen LogP contribution in [-0.2, 0) is 16.1 Å². The Hall–Kier alpha value is -0.640. The molecule has 2 rings (SSSR count). The Balaban J connectivity index is 1.81. The van der Waals surface area contributed by atoms with Crippen molar-refractivity contribution < 1.29 is 9.47 Å². The first kappa shape index (κ1) is 15.7. The summed E-state index contributed by atoms with van der Waals surface area (Å²) in [5.41, 5.74) is 1.21. The maximum atomic E-state index is 6.11. The first-order valence-electron chi connectivity index (χ1n) is 7.24. The number of hydrogen-bond donors (Lipinski definition) is 0. The van der Waals surface area contributed by atoms with E-state index in [9.17, 15) is 0 Å². The summed E-state index contributed by atoms with van der Waals surface area (Å²) in [6.07, 6.45) is 5.56. The Bertz CT molecular complexity index is 418. The highest BCUT2D eigenvalue weighted by atomic mass is 79.9. The van der Waals surface area contributed by atoms with Gasteiger partial charge in [-0.05, 0) is 24.8 Å². The molecule has 0 spiro atoms. The number of allylic oxidation sites excluding steroid dienone is 1. The van der Waals surface area contributed by atoms with Crippen LogP contribution < -0.4 is 0 Å². The van der Waals surface area contributed by atoms with E-state index in [4.69, 9.17) is 9.47 Å². The molecule has 0 N–H and O–H groups in total. The minimum absolute atomic E-state index is 0.167. The normalized spacial score (nSPS) is 30.8. The lowest BCUT2D eigenvalue weighted by molar-refractivity contribution is -0.0880. The van der Waals surface area contributed by atoms with E-state index in [2.05, 4.69) is 47.1 Å². The van der Waals surface area contributed by atoms with Crippen molar-refractivity contribution in [2.75, 3.05) is 6.61 Å². The fraction of sp³-hybridized carbons (Fsp3) is 0.529. The van der Waals surface area contributed by atoms with Crippen LogP contribution in [-0.4, -0.2) is 23.6 Å². The summed E-state index contributed by atoms with van der Waals surface area (Å²) < 4.78 is 11.9. The van der Waals surface area contributed by atoms with E-state index in [0.717, 1.165) is 6.42 Å². The quantitative estimate of drug-likeness (QED) is 0.587. The molecule has 2 nitrogen and oxygen atoms in total. The number of benzene rings is 1. The fourth-order valence-corrected chi connectivity index (χ4v) is 3.19. The van der Waals surface area contributed by atoms with Crippen LogP contribution in [0.4, 0.5) is 0 Å². The lowest BCUT2D eigenvalue weighted by Crippen LogP contribution is -2.41. The van der Waals surface area contributed by atoms with Crippen LogP contribution in [0.5, 0.6) is 0 Å². The molecule has 1 fully saturated rings. The van der Waals surface area contributed by atoms with Crippen molar-refractivity contribution in [2.45, 2.75) is 43.9 Å². The van der Waals surface area contributed by atoms with Crippen molar-refractivity contribution in [3.8, 4) is 0 Å². The molecular weight excluding hydrogens is 316 g/mol. The fourth-order valence-electron chi connectivity index (χ4n) is 2.47. The maximum Gasteiger partial charge on any atom is 0.0827 e. The molecule has 0 unspecified atom stereocenters. The van der Waals surface area contributed by atoms with E-state index in [-0.39, 0.29) is 12.2 Å². The van der Waals surface area contributed by atoms with Gasteiger partial charge in [0.1, 0.15) is 0 Å². The number of hydrogen-bond acceptors (Lipinski definition) is 2. The third kappa shape index (κ3) is 4.44. The SMILES string of the molecule is C/C=C/[C@H]1O[C@@H](COCc2ccccc2)C[C@@H](Br)[C@H]1C. The van der Waals surface area contributed by atoms with Crippen LogP contribution in [0.3, 0.4) is 0 Å². The van der Waals surface area contributed by atoms with E-state index in [1.165, 1.54) is 5.56 Å². The average molecular weight is 339 g/mol. The summed E-state index contributed by atoms with van der Waals surface area (Å²) in [6, 6.07) is 10.3. The number of halogens is 1. The lowest BCUT2D eigenvalue weighted by Gasteiger charge is -2.36. The molecule has 0 radical (unpaired) electrons. The molecular formula is C17H23BrO2. The summed E-state index contributed by atoms with van der Waals surface area (Å²) in [7, 11) is 0. The monoisotopic (exact) mass is 338 g/mol. The molecule has 4 atom stereocenters. The highest BCUT2D eigenvalue weighted by Crippen LogP contribution is 2.31. The van der Waals surface area contributed by atoms with E-state index in [1.54, 1.807) is 0 Å². The molecule has 1 saturated heterocycles.